The summed E-state index contributed by atoms with van der Waals surface area (Å²) in [7, 11) is 0. The minimum atomic E-state index is -4.61. The minimum absolute atomic E-state index is 0.0616. The molecule has 0 saturated carbocycles. The fourth-order valence-corrected chi connectivity index (χ4v) is 2.31. The van der Waals surface area contributed by atoms with Crippen LogP contribution in [0.2, 0.25) is 5.28 Å². The van der Waals surface area contributed by atoms with E-state index < -0.39 is 17.6 Å². The Labute approximate surface area is 127 Å². The van der Waals surface area contributed by atoms with E-state index in [1.165, 1.54) is 0 Å². The first-order chi connectivity index (χ1) is 10.4. The summed E-state index contributed by atoms with van der Waals surface area (Å²) < 4.78 is 51.9. The Morgan fingerprint density at radius 2 is 1.68 bits per heavy atom. The Morgan fingerprint density at radius 3 is 2.36 bits per heavy atom. The van der Waals surface area contributed by atoms with Gasteiger partial charge >= 0.3 is 6.18 Å². The van der Waals surface area contributed by atoms with Crippen molar-refractivity contribution >= 4 is 22.5 Å². The Hall–Kier alpha value is -2.21. The van der Waals surface area contributed by atoms with Crippen LogP contribution < -0.4 is 0 Å². The van der Waals surface area contributed by atoms with Crippen molar-refractivity contribution in [2.24, 2.45) is 0 Å². The van der Waals surface area contributed by atoms with Crippen molar-refractivity contribution in [3.05, 3.63) is 59.1 Å². The molecular formula is C15H7ClF4N2. The lowest BCUT2D eigenvalue weighted by atomic mass is 10.0. The third-order valence-corrected chi connectivity index (χ3v) is 3.30. The molecule has 0 N–H and O–H groups in total. The van der Waals surface area contributed by atoms with E-state index in [0.29, 0.717) is 17.0 Å². The summed E-state index contributed by atoms with van der Waals surface area (Å²) in [6.07, 6.45) is -4.61. The molecule has 22 heavy (non-hydrogen) atoms. The summed E-state index contributed by atoms with van der Waals surface area (Å²) in [5.74, 6) is -1.02. The highest BCUT2D eigenvalue weighted by Crippen LogP contribution is 2.34. The van der Waals surface area contributed by atoms with Crippen LogP contribution in [0, 0.1) is 5.82 Å². The second kappa shape index (κ2) is 5.21. The average Bonchev–Trinajstić information content (AvgIpc) is 2.45. The molecule has 112 valence electrons. The first-order valence-electron chi connectivity index (χ1n) is 6.15. The molecule has 2 aromatic carbocycles. The van der Waals surface area contributed by atoms with Crippen LogP contribution in [-0.2, 0) is 6.18 Å². The standard InChI is InChI=1S/C15H7ClF4N2/c16-14-21-12-4-2-1-3-10(12)13(22-14)9-6-5-8(7-11(9)17)15(18,19)20/h1-7H. The SMILES string of the molecule is Fc1cc(C(F)(F)F)ccc1-c1nc(Cl)nc2ccccc12. The van der Waals surface area contributed by atoms with Crippen LogP contribution >= 0.6 is 11.6 Å². The molecule has 0 saturated heterocycles. The van der Waals surface area contributed by atoms with Gasteiger partial charge in [0.15, 0.2) is 0 Å². The van der Waals surface area contributed by atoms with E-state index in [9.17, 15) is 17.6 Å². The highest BCUT2D eigenvalue weighted by Gasteiger charge is 2.31. The number of rotatable bonds is 1. The number of benzene rings is 2. The van der Waals surface area contributed by atoms with Gasteiger partial charge in [-0.2, -0.15) is 13.2 Å². The molecule has 0 radical (unpaired) electrons. The molecule has 2 nitrogen and oxygen atoms in total. The van der Waals surface area contributed by atoms with Crippen LogP contribution in [-0.4, -0.2) is 9.97 Å². The van der Waals surface area contributed by atoms with E-state index in [-0.39, 0.29) is 16.5 Å². The third kappa shape index (κ3) is 2.62. The lowest BCUT2D eigenvalue weighted by molar-refractivity contribution is -0.137. The van der Waals surface area contributed by atoms with Gasteiger partial charge in [-0.25, -0.2) is 14.4 Å². The van der Waals surface area contributed by atoms with Gasteiger partial charge in [-0.3, -0.25) is 0 Å². The minimum Gasteiger partial charge on any atom is -0.218 e. The predicted octanol–water partition coefficient (Wildman–Crippen LogP) is 5.11. The van der Waals surface area contributed by atoms with E-state index in [1.807, 2.05) is 0 Å². The molecule has 0 fully saturated rings. The largest absolute Gasteiger partial charge is 0.416 e. The zero-order valence-corrected chi connectivity index (χ0v) is 11.6. The molecule has 7 heteroatoms. The van der Waals surface area contributed by atoms with Crippen molar-refractivity contribution in [2.45, 2.75) is 6.18 Å². The van der Waals surface area contributed by atoms with E-state index >= 15 is 0 Å². The van der Waals surface area contributed by atoms with Gasteiger partial charge in [-0.05, 0) is 35.9 Å². The smallest absolute Gasteiger partial charge is 0.218 e. The van der Waals surface area contributed by atoms with Gasteiger partial charge in [-0.1, -0.05) is 18.2 Å². The second-order valence-electron chi connectivity index (χ2n) is 4.55. The van der Waals surface area contributed by atoms with Gasteiger partial charge in [0.1, 0.15) is 5.82 Å². The van der Waals surface area contributed by atoms with E-state index in [4.69, 9.17) is 11.6 Å². The summed E-state index contributed by atoms with van der Waals surface area (Å²) >= 11 is 5.81. The summed E-state index contributed by atoms with van der Waals surface area (Å²) in [6, 6.07) is 9.03. The number of aromatic nitrogens is 2. The maximum atomic E-state index is 14.1. The number of halogens is 5. The first kappa shape index (κ1) is 14.7. The Bertz CT molecular complexity index is 862. The van der Waals surface area contributed by atoms with Crippen LogP contribution in [0.25, 0.3) is 22.2 Å². The van der Waals surface area contributed by atoms with Crippen molar-refractivity contribution in [3.63, 3.8) is 0 Å². The zero-order valence-electron chi connectivity index (χ0n) is 10.8. The molecule has 1 heterocycles. The summed E-state index contributed by atoms with van der Waals surface area (Å²) in [5, 5.41) is 0.401. The summed E-state index contributed by atoms with van der Waals surface area (Å²) in [4.78, 5) is 7.96. The average molecular weight is 327 g/mol. The van der Waals surface area contributed by atoms with Crippen LogP contribution in [0.15, 0.2) is 42.5 Å². The Kier molecular flexibility index (Phi) is 3.48. The first-order valence-corrected chi connectivity index (χ1v) is 6.53. The van der Waals surface area contributed by atoms with Gasteiger partial charge in [0.2, 0.25) is 5.28 Å². The van der Waals surface area contributed by atoms with E-state index in [1.54, 1.807) is 24.3 Å². The van der Waals surface area contributed by atoms with Gasteiger partial charge in [0.25, 0.3) is 0 Å². The monoisotopic (exact) mass is 326 g/mol. The molecule has 0 atom stereocenters. The number of nitrogens with zero attached hydrogens (tertiary/aromatic N) is 2. The number of hydrogen-bond donors (Lipinski definition) is 0. The fraction of sp³-hybridized carbons (Fsp3) is 0.0667. The summed E-state index contributed by atoms with van der Waals surface area (Å²) in [6.45, 7) is 0. The number of hydrogen-bond acceptors (Lipinski definition) is 2. The Morgan fingerprint density at radius 1 is 0.955 bits per heavy atom. The maximum absolute atomic E-state index is 14.1. The van der Waals surface area contributed by atoms with Gasteiger partial charge < -0.3 is 0 Å². The normalized spacial score (nSPS) is 11.9. The van der Waals surface area contributed by atoms with Crippen molar-refractivity contribution in [3.8, 4) is 11.3 Å². The van der Waals surface area contributed by atoms with Crippen LogP contribution in [0.5, 0.6) is 0 Å². The van der Waals surface area contributed by atoms with Crippen molar-refractivity contribution in [2.75, 3.05) is 0 Å². The zero-order chi connectivity index (χ0) is 15.9. The maximum Gasteiger partial charge on any atom is 0.416 e. The van der Waals surface area contributed by atoms with E-state index in [2.05, 4.69) is 9.97 Å². The highest BCUT2D eigenvalue weighted by atomic mass is 35.5. The third-order valence-electron chi connectivity index (χ3n) is 3.13. The van der Waals surface area contributed by atoms with E-state index in [0.717, 1.165) is 12.1 Å². The number of fused-ring (bicyclic) bond motifs is 1. The summed E-state index contributed by atoms with van der Waals surface area (Å²) in [5.41, 5.74) is -0.481. The van der Waals surface area contributed by atoms with Crippen molar-refractivity contribution < 1.29 is 17.6 Å². The lowest BCUT2D eigenvalue weighted by Crippen LogP contribution is -2.05. The van der Waals surface area contributed by atoms with Gasteiger partial charge in [-0.15, -0.1) is 0 Å². The van der Waals surface area contributed by atoms with Gasteiger partial charge in [0.05, 0.1) is 16.8 Å². The molecule has 3 rings (SSSR count). The molecule has 3 aromatic rings. The van der Waals surface area contributed by atoms with Crippen LogP contribution in [0.3, 0.4) is 0 Å². The second-order valence-corrected chi connectivity index (χ2v) is 4.89. The number of alkyl halides is 3. The molecule has 0 aliphatic heterocycles. The molecule has 0 aliphatic rings. The highest BCUT2D eigenvalue weighted by molar-refractivity contribution is 6.28. The molecule has 0 aliphatic carbocycles. The quantitative estimate of drug-likeness (QED) is 0.459. The van der Waals surface area contributed by atoms with Crippen LogP contribution in [0.4, 0.5) is 17.6 Å². The molecule has 0 unspecified atom stereocenters. The topological polar surface area (TPSA) is 25.8 Å². The van der Waals surface area contributed by atoms with Crippen LogP contribution in [0.1, 0.15) is 5.56 Å². The fourth-order valence-electron chi connectivity index (χ4n) is 2.14. The Balaban J connectivity index is 2.24. The molecule has 0 bridgehead atoms. The molecular weight excluding hydrogens is 320 g/mol. The molecule has 1 aromatic heterocycles. The van der Waals surface area contributed by atoms with Crippen molar-refractivity contribution in [1.82, 2.24) is 9.97 Å². The molecule has 0 spiro atoms. The number of para-hydroxylation sites is 1. The predicted molar refractivity (Wildman–Crippen MR) is 74.9 cm³/mol. The lowest BCUT2D eigenvalue weighted by Gasteiger charge is -2.10. The van der Waals surface area contributed by atoms with Gasteiger partial charge in [0, 0.05) is 10.9 Å². The molecule has 0 amide bonds. The van der Waals surface area contributed by atoms with Crippen molar-refractivity contribution in [1.29, 1.82) is 0 Å².